The van der Waals surface area contributed by atoms with E-state index in [1.807, 2.05) is 32.3 Å². The van der Waals surface area contributed by atoms with E-state index in [1.165, 1.54) is 6.07 Å². The fraction of sp³-hybridized carbons (Fsp3) is 0.389. The molecule has 1 N–H and O–H groups in total. The molecule has 8 heteroatoms. The van der Waals surface area contributed by atoms with Gasteiger partial charge in [0, 0.05) is 22.8 Å². The Bertz CT molecular complexity index is 930. The molecular formula is C18H20F3N5. The van der Waals surface area contributed by atoms with Crippen LogP contribution >= 0.6 is 0 Å². The third-order valence-corrected chi connectivity index (χ3v) is 4.18. The predicted octanol–water partition coefficient (Wildman–Crippen LogP) is 4.91. The summed E-state index contributed by atoms with van der Waals surface area (Å²) in [5.41, 5.74) is 1.12. The summed E-state index contributed by atoms with van der Waals surface area (Å²) in [4.78, 5) is 4.33. The minimum atomic E-state index is -4.40. The average molecular weight is 363 g/mol. The number of benzene rings is 1. The van der Waals surface area contributed by atoms with E-state index in [0.717, 1.165) is 23.7 Å². The lowest BCUT2D eigenvalue weighted by atomic mass is 10.1. The summed E-state index contributed by atoms with van der Waals surface area (Å²) in [7, 11) is 0. The van der Waals surface area contributed by atoms with Gasteiger partial charge in [-0.25, -0.2) is 0 Å². The van der Waals surface area contributed by atoms with Gasteiger partial charge in [-0.3, -0.25) is 4.98 Å². The summed E-state index contributed by atoms with van der Waals surface area (Å²) in [6.07, 6.45) is -2.75. The zero-order valence-electron chi connectivity index (χ0n) is 15.0. The number of alkyl halides is 3. The molecule has 26 heavy (non-hydrogen) atoms. The Morgan fingerprint density at radius 1 is 1.12 bits per heavy atom. The van der Waals surface area contributed by atoms with Crippen LogP contribution in [0.25, 0.3) is 10.9 Å². The second-order valence-corrected chi connectivity index (χ2v) is 6.60. The van der Waals surface area contributed by atoms with Gasteiger partial charge in [-0.05, 0) is 52.0 Å². The van der Waals surface area contributed by atoms with Crippen LogP contribution in [-0.4, -0.2) is 19.7 Å². The number of fused-ring (bicyclic) bond motifs is 1. The number of halogens is 3. The normalized spacial score (nSPS) is 13.4. The monoisotopic (exact) mass is 363 g/mol. The Balaban J connectivity index is 2.04. The molecule has 0 spiro atoms. The number of hydrogen-bond acceptors (Lipinski definition) is 4. The summed E-state index contributed by atoms with van der Waals surface area (Å²) in [6, 6.07) is 5.27. The van der Waals surface area contributed by atoms with Crippen molar-refractivity contribution in [3.63, 3.8) is 0 Å². The van der Waals surface area contributed by atoms with Gasteiger partial charge in [0.1, 0.15) is 6.33 Å². The van der Waals surface area contributed by atoms with Crippen LogP contribution in [0.1, 0.15) is 49.9 Å². The summed E-state index contributed by atoms with van der Waals surface area (Å²) >= 11 is 0. The van der Waals surface area contributed by atoms with Crippen LogP contribution in [0.2, 0.25) is 0 Å². The lowest BCUT2D eigenvalue weighted by Crippen LogP contribution is -2.15. The summed E-state index contributed by atoms with van der Waals surface area (Å²) < 4.78 is 41.2. The fourth-order valence-corrected chi connectivity index (χ4v) is 2.91. The molecule has 0 saturated heterocycles. The number of pyridine rings is 1. The number of anilines is 1. The maximum Gasteiger partial charge on any atom is 0.416 e. The molecule has 3 rings (SSSR count). The molecule has 0 amide bonds. The van der Waals surface area contributed by atoms with Gasteiger partial charge >= 0.3 is 6.18 Å². The number of aromatic nitrogens is 4. The first-order chi connectivity index (χ1) is 12.2. The Morgan fingerprint density at radius 2 is 1.85 bits per heavy atom. The van der Waals surface area contributed by atoms with Crippen molar-refractivity contribution in [2.45, 2.75) is 46.0 Å². The molecule has 3 aromatic rings. The van der Waals surface area contributed by atoms with E-state index in [1.54, 1.807) is 12.4 Å². The van der Waals surface area contributed by atoms with Crippen molar-refractivity contribution in [1.29, 1.82) is 0 Å². The molecule has 0 aliphatic rings. The van der Waals surface area contributed by atoms with Crippen molar-refractivity contribution in [2.24, 2.45) is 0 Å². The first-order valence-corrected chi connectivity index (χ1v) is 8.31. The third-order valence-electron chi connectivity index (χ3n) is 4.18. The van der Waals surface area contributed by atoms with E-state index in [-0.39, 0.29) is 12.1 Å². The van der Waals surface area contributed by atoms with Crippen molar-refractivity contribution in [3.05, 3.63) is 47.7 Å². The van der Waals surface area contributed by atoms with Crippen LogP contribution in [0.3, 0.4) is 0 Å². The minimum absolute atomic E-state index is 0.178. The van der Waals surface area contributed by atoms with E-state index < -0.39 is 11.7 Å². The van der Waals surface area contributed by atoms with Crippen molar-refractivity contribution in [2.75, 3.05) is 5.32 Å². The van der Waals surface area contributed by atoms with Gasteiger partial charge in [0.05, 0.1) is 17.1 Å². The van der Waals surface area contributed by atoms with Gasteiger partial charge in [-0.15, -0.1) is 10.2 Å². The van der Waals surface area contributed by atoms with Crippen LogP contribution in [-0.2, 0) is 6.18 Å². The maximum absolute atomic E-state index is 13.1. The number of rotatable bonds is 4. The van der Waals surface area contributed by atoms with Crippen molar-refractivity contribution < 1.29 is 13.2 Å². The highest BCUT2D eigenvalue weighted by atomic mass is 19.4. The maximum atomic E-state index is 13.1. The number of hydrogen-bond donors (Lipinski definition) is 1. The van der Waals surface area contributed by atoms with Gasteiger partial charge in [0.25, 0.3) is 0 Å². The lowest BCUT2D eigenvalue weighted by Gasteiger charge is -2.19. The fourth-order valence-electron chi connectivity index (χ4n) is 2.91. The van der Waals surface area contributed by atoms with E-state index in [2.05, 4.69) is 20.5 Å². The van der Waals surface area contributed by atoms with Gasteiger partial charge in [0.2, 0.25) is 0 Å². The Morgan fingerprint density at radius 3 is 2.50 bits per heavy atom. The molecule has 1 atom stereocenters. The molecule has 0 bridgehead atoms. The van der Waals surface area contributed by atoms with E-state index in [4.69, 9.17) is 0 Å². The Labute approximate surface area is 149 Å². The zero-order chi connectivity index (χ0) is 19.1. The number of aryl methyl sites for hydroxylation is 1. The molecule has 0 radical (unpaired) electrons. The quantitative estimate of drug-likeness (QED) is 0.716. The summed E-state index contributed by atoms with van der Waals surface area (Å²) in [6.45, 7) is 7.74. The Hall–Kier alpha value is -2.64. The van der Waals surface area contributed by atoms with Gasteiger partial charge in [0.15, 0.2) is 5.82 Å². The van der Waals surface area contributed by atoms with E-state index in [9.17, 15) is 13.2 Å². The van der Waals surface area contributed by atoms with E-state index >= 15 is 0 Å². The highest BCUT2D eigenvalue weighted by Crippen LogP contribution is 2.34. The second-order valence-electron chi connectivity index (χ2n) is 6.60. The third kappa shape index (κ3) is 3.49. The minimum Gasteiger partial charge on any atom is -0.375 e. The molecule has 0 aliphatic heterocycles. The van der Waals surface area contributed by atoms with Gasteiger partial charge in [-0.2, -0.15) is 13.2 Å². The SMILES string of the molecule is Cc1cc(NC(C)c2nncn2C(C)C)c2cc(C(F)(F)F)ccc2n1. The zero-order valence-corrected chi connectivity index (χ0v) is 15.0. The molecule has 0 fully saturated rings. The van der Waals surface area contributed by atoms with Crippen molar-refractivity contribution >= 4 is 16.6 Å². The van der Waals surface area contributed by atoms with Crippen LogP contribution in [0, 0.1) is 6.92 Å². The van der Waals surface area contributed by atoms with Crippen molar-refractivity contribution in [3.8, 4) is 0 Å². The number of nitrogens with zero attached hydrogens (tertiary/aromatic N) is 4. The predicted molar refractivity (Wildman–Crippen MR) is 93.9 cm³/mol. The van der Waals surface area contributed by atoms with Gasteiger partial charge < -0.3 is 9.88 Å². The van der Waals surface area contributed by atoms with E-state index in [0.29, 0.717) is 16.6 Å². The summed E-state index contributed by atoms with van der Waals surface area (Å²) in [5, 5.41) is 11.8. The molecule has 1 unspecified atom stereocenters. The Kier molecular flexibility index (Phi) is 4.60. The lowest BCUT2D eigenvalue weighted by molar-refractivity contribution is -0.137. The molecular weight excluding hydrogens is 343 g/mol. The largest absolute Gasteiger partial charge is 0.416 e. The number of nitrogens with one attached hydrogen (secondary N) is 1. The van der Waals surface area contributed by atoms with Crippen LogP contribution < -0.4 is 5.32 Å². The van der Waals surface area contributed by atoms with Crippen molar-refractivity contribution in [1.82, 2.24) is 19.7 Å². The van der Waals surface area contributed by atoms with Crippen LogP contribution in [0.15, 0.2) is 30.6 Å². The van der Waals surface area contributed by atoms with Crippen LogP contribution in [0.5, 0.6) is 0 Å². The van der Waals surface area contributed by atoms with Crippen LogP contribution in [0.4, 0.5) is 18.9 Å². The molecule has 138 valence electrons. The second kappa shape index (κ2) is 6.59. The topological polar surface area (TPSA) is 55.6 Å². The molecule has 2 aromatic heterocycles. The summed E-state index contributed by atoms with van der Waals surface area (Å²) in [5.74, 6) is 0.717. The molecule has 0 aliphatic carbocycles. The average Bonchev–Trinajstić information content (AvgIpc) is 3.03. The molecule has 0 saturated carbocycles. The smallest absolute Gasteiger partial charge is 0.375 e. The first kappa shape index (κ1) is 18.2. The highest BCUT2D eigenvalue weighted by molar-refractivity contribution is 5.92. The highest BCUT2D eigenvalue weighted by Gasteiger charge is 2.31. The molecule has 2 heterocycles. The first-order valence-electron chi connectivity index (χ1n) is 8.31. The van der Waals surface area contributed by atoms with Gasteiger partial charge in [-0.1, -0.05) is 0 Å². The standard InChI is InChI=1S/C18H20F3N5/c1-10(2)26-9-22-25-17(26)12(4)24-16-7-11(3)23-15-6-5-13(8-14(15)16)18(19,20)21/h5-10,12H,1-4H3,(H,23,24). The molecule has 1 aromatic carbocycles. The molecule has 5 nitrogen and oxygen atoms in total.